The van der Waals surface area contributed by atoms with E-state index in [2.05, 4.69) is 5.32 Å². The van der Waals surface area contributed by atoms with Crippen LogP contribution in [0.25, 0.3) is 0 Å². The molecule has 1 atom stereocenters. The summed E-state index contributed by atoms with van der Waals surface area (Å²) in [7, 11) is -2.64. The van der Waals surface area contributed by atoms with Crippen molar-refractivity contribution in [3.05, 3.63) is 93.5 Å². The van der Waals surface area contributed by atoms with Gasteiger partial charge in [0, 0.05) is 23.6 Å². The molecule has 0 radical (unpaired) electrons. The van der Waals surface area contributed by atoms with Gasteiger partial charge in [-0.1, -0.05) is 59.1 Å². The Morgan fingerprint density at radius 3 is 2.22 bits per heavy atom. The molecule has 0 aliphatic carbocycles. The highest BCUT2D eigenvalue weighted by Gasteiger charge is 2.32. The summed E-state index contributed by atoms with van der Waals surface area (Å²) < 4.78 is 28.6. The number of carbonyl (C=O) groups is 2. The molecule has 37 heavy (non-hydrogen) atoms. The zero-order valence-corrected chi connectivity index (χ0v) is 23.4. The Morgan fingerprint density at radius 1 is 0.946 bits per heavy atom. The van der Waals surface area contributed by atoms with Gasteiger partial charge in [-0.15, -0.1) is 0 Å². The van der Waals surface area contributed by atoms with Crippen molar-refractivity contribution in [1.82, 2.24) is 10.2 Å². The number of nitrogens with zero attached hydrogens (tertiary/aromatic N) is 2. The van der Waals surface area contributed by atoms with Crippen LogP contribution in [0, 0.1) is 13.8 Å². The van der Waals surface area contributed by atoms with Crippen LogP contribution >= 0.6 is 23.2 Å². The van der Waals surface area contributed by atoms with Crippen molar-refractivity contribution in [2.45, 2.75) is 38.3 Å². The molecule has 1 N–H and O–H groups in total. The lowest BCUT2D eigenvalue weighted by Gasteiger charge is -2.32. The van der Waals surface area contributed by atoms with Gasteiger partial charge in [0.1, 0.15) is 12.6 Å². The molecule has 0 unspecified atom stereocenters. The van der Waals surface area contributed by atoms with Crippen LogP contribution in [0.3, 0.4) is 0 Å². The highest BCUT2D eigenvalue weighted by atomic mass is 35.5. The Morgan fingerprint density at radius 2 is 1.62 bits per heavy atom. The molecule has 0 saturated carbocycles. The van der Waals surface area contributed by atoms with Crippen LogP contribution in [0.5, 0.6) is 0 Å². The van der Waals surface area contributed by atoms with Crippen LogP contribution in [0.1, 0.15) is 23.6 Å². The van der Waals surface area contributed by atoms with Crippen molar-refractivity contribution >= 4 is 50.7 Å². The summed E-state index contributed by atoms with van der Waals surface area (Å²) in [5, 5.41) is 3.31. The van der Waals surface area contributed by atoms with Crippen molar-refractivity contribution in [1.29, 1.82) is 0 Å². The fourth-order valence-electron chi connectivity index (χ4n) is 3.77. The monoisotopic (exact) mass is 561 g/mol. The first-order chi connectivity index (χ1) is 17.4. The zero-order chi connectivity index (χ0) is 27.3. The molecule has 0 aromatic heterocycles. The van der Waals surface area contributed by atoms with Crippen LogP contribution in [0.4, 0.5) is 5.69 Å². The zero-order valence-electron chi connectivity index (χ0n) is 21.0. The van der Waals surface area contributed by atoms with Crippen LogP contribution < -0.4 is 9.62 Å². The second kappa shape index (κ2) is 12.0. The Kier molecular flexibility index (Phi) is 9.23. The summed E-state index contributed by atoms with van der Waals surface area (Å²) in [6.45, 7) is 4.73. The number of sulfonamides is 1. The van der Waals surface area contributed by atoms with E-state index in [9.17, 15) is 18.0 Å². The Bertz CT molecular complexity index is 1400. The largest absolute Gasteiger partial charge is 0.357 e. The number of likely N-dealkylation sites (N-methyl/N-ethyl adjacent to an activating group) is 1. The fourth-order valence-corrected chi connectivity index (χ4v) is 5.65. The van der Waals surface area contributed by atoms with Crippen LogP contribution in [0.2, 0.25) is 10.0 Å². The number of carbonyl (C=O) groups excluding carboxylic acids is 2. The number of aryl methyl sites for hydroxylation is 2. The summed E-state index contributed by atoms with van der Waals surface area (Å²) in [4.78, 5) is 27.7. The second-order valence-electron chi connectivity index (χ2n) is 8.71. The van der Waals surface area contributed by atoms with Gasteiger partial charge < -0.3 is 10.2 Å². The molecule has 0 aliphatic heterocycles. The quantitative estimate of drug-likeness (QED) is 0.399. The molecule has 0 spiro atoms. The van der Waals surface area contributed by atoms with Gasteiger partial charge in [0.05, 0.1) is 10.6 Å². The number of benzene rings is 3. The molecule has 3 aromatic carbocycles. The van der Waals surface area contributed by atoms with Gasteiger partial charge in [-0.2, -0.15) is 0 Å². The molecule has 0 aliphatic rings. The molecule has 196 valence electrons. The highest BCUT2D eigenvalue weighted by molar-refractivity contribution is 7.92. The third-order valence-electron chi connectivity index (χ3n) is 5.95. The molecular formula is C27H29Cl2N3O4S. The van der Waals surface area contributed by atoms with E-state index in [1.807, 2.05) is 19.9 Å². The fraction of sp³-hybridized carbons (Fsp3) is 0.259. The van der Waals surface area contributed by atoms with Crippen LogP contribution in [-0.4, -0.2) is 44.8 Å². The van der Waals surface area contributed by atoms with Crippen molar-refractivity contribution in [2.24, 2.45) is 0 Å². The van der Waals surface area contributed by atoms with Gasteiger partial charge in [-0.25, -0.2) is 8.42 Å². The number of rotatable bonds is 9. The third-order valence-corrected chi connectivity index (χ3v) is 8.32. The van der Waals surface area contributed by atoms with E-state index in [0.29, 0.717) is 21.3 Å². The van der Waals surface area contributed by atoms with Crippen LogP contribution in [-0.2, 0) is 26.2 Å². The van der Waals surface area contributed by atoms with Crippen molar-refractivity contribution in [2.75, 3.05) is 17.9 Å². The summed E-state index contributed by atoms with van der Waals surface area (Å²) in [5.41, 5.74) is 2.64. The smallest absolute Gasteiger partial charge is 0.264 e. The van der Waals surface area contributed by atoms with Gasteiger partial charge in [-0.3, -0.25) is 13.9 Å². The Labute approximate surface area is 228 Å². The molecule has 0 heterocycles. The molecule has 7 nitrogen and oxygen atoms in total. The number of amides is 2. The predicted octanol–water partition coefficient (Wildman–Crippen LogP) is 4.97. The minimum atomic E-state index is -4.11. The minimum Gasteiger partial charge on any atom is -0.357 e. The molecule has 0 saturated heterocycles. The van der Waals surface area contributed by atoms with E-state index in [4.69, 9.17) is 23.2 Å². The van der Waals surface area contributed by atoms with E-state index < -0.39 is 34.4 Å². The topological polar surface area (TPSA) is 86.8 Å². The number of halogens is 2. The normalized spacial score (nSPS) is 12.1. The molecule has 0 fully saturated rings. The third kappa shape index (κ3) is 6.83. The number of anilines is 1. The summed E-state index contributed by atoms with van der Waals surface area (Å²) in [6, 6.07) is 17.3. The summed E-state index contributed by atoms with van der Waals surface area (Å²) in [5.74, 6) is -0.971. The first-order valence-corrected chi connectivity index (χ1v) is 13.7. The molecule has 3 aromatic rings. The van der Waals surface area contributed by atoms with Crippen molar-refractivity contribution < 1.29 is 18.0 Å². The Balaban J connectivity index is 2.05. The summed E-state index contributed by atoms with van der Waals surface area (Å²) in [6.07, 6.45) is 0. The standard InChI is InChI=1S/C27H29Cl2N3O4S/c1-18-8-12-24(13-9-18)37(35,36)32(23-7-5-6-19(2)14-23)17-26(33)31(20(3)27(34)30-4)16-21-10-11-22(28)15-25(21)29/h5-15,20H,16-17H2,1-4H3,(H,30,34)/t20-/m0/s1. The highest BCUT2D eigenvalue weighted by Crippen LogP contribution is 2.27. The van der Waals surface area contributed by atoms with Gasteiger partial charge >= 0.3 is 0 Å². The minimum absolute atomic E-state index is 0.0182. The maximum Gasteiger partial charge on any atom is 0.264 e. The van der Waals surface area contributed by atoms with Crippen molar-refractivity contribution in [3.63, 3.8) is 0 Å². The molecule has 3 rings (SSSR count). The number of nitrogens with one attached hydrogen (secondary N) is 1. The maximum absolute atomic E-state index is 13.8. The maximum atomic E-state index is 13.8. The lowest BCUT2D eigenvalue weighted by molar-refractivity contribution is -0.139. The first-order valence-electron chi connectivity index (χ1n) is 11.5. The average molecular weight is 563 g/mol. The predicted molar refractivity (Wildman–Crippen MR) is 147 cm³/mol. The van der Waals surface area contributed by atoms with Gasteiger partial charge in [0.2, 0.25) is 11.8 Å². The van der Waals surface area contributed by atoms with Crippen molar-refractivity contribution in [3.8, 4) is 0 Å². The lowest BCUT2D eigenvalue weighted by atomic mass is 10.1. The van der Waals surface area contributed by atoms with E-state index in [1.165, 1.54) is 24.1 Å². The number of hydrogen-bond donors (Lipinski definition) is 1. The molecule has 0 bridgehead atoms. The average Bonchev–Trinajstić information content (AvgIpc) is 2.86. The van der Waals surface area contributed by atoms with Gasteiger partial charge in [0.25, 0.3) is 10.0 Å². The molecular weight excluding hydrogens is 533 g/mol. The second-order valence-corrected chi connectivity index (χ2v) is 11.4. The SMILES string of the molecule is CNC(=O)[C@H](C)N(Cc1ccc(Cl)cc1Cl)C(=O)CN(c1cccc(C)c1)S(=O)(=O)c1ccc(C)cc1. The molecule has 10 heteroatoms. The van der Waals surface area contributed by atoms with E-state index in [1.54, 1.807) is 55.5 Å². The van der Waals surface area contributed by atoms with E-state index in [-0.39, 0.29) is 11.4 Å². The number of hydrogen-bond acceptors (Lipinski definition) is 4. The van der Waals surface area contributed by atoms with Gasteiger partial charge in [-0.05, 0) is 68.3 Å². The lowest BCUT2D eigenvalue weighted by Crippen LogP contribution is -2.50. The van der Waals surface area contributed by atoms with E-state index >= 15 is 0 Å². The first kappa shape index (κ1) is 28.5. The van der Waals surface area contributed by atoms with E-state index in [0.717, 1.165) is 15.4 Å². The van der Waals surface area contributed by atoms with Crippen LogP contribution in [0.15, 0.2) is 71.6 Å². The summed E-state index contributed by atoms with van der Waals surface area (Å²) >= 11 is 12.4. The van der Waals surface area contributed by atoms with Gasteiger partial charge in [0.15, 0.2) is 0 Å². The molecule has 2 amide bonds. The Hall–Kier alpha value is -3.07.